The predicted octanol–water partition coefficient (Wildman–Crippen LogP) is 3.71. The highest BCUT2D eigenvalue weighted by molar-refractivity contribution is 7.13. The van der Waals surface area contributed by atoms with E-state index >= 15 is 0 Å². The standard InChI is InChI=1S/C15H20N4OS/c1-10-8-13(14(20)17-15-18-16-9-21-15)11(2)19(10)12-6-4-3-5-7-12/h8-9,12H,3-7H2,1-2H3,(H,17,18,20). The molecule has 5 nitrogen and oxygen atoms in total. The maximum Gasteiger partial charge on any atom is 0.259 e. The SMILES string of the molecule is Cc1cc(C(=O)Nc2nncs2)c(C)n1C1CCCCC1. The molecule has 0 spiro atoms. The second kappa shape index (κ2) is 5.97. The molecule has 1 aliphatic carbocycles. The van der Waals surface area contributed by atoms with E-state index in [4.69, 9.17) is 0 Å². The van der Waals surface area contributed by atoms with Crippen molar-refractivity contribution in [1.82, 2.24) is 14.8 Å². The van der Waals surface area contributed by atoms with Gasteiger partial charge in [-0.3, -0.25) is 10.1 Å². The van der Waals surface area contributed by atoms with Gasteiger partial charge in [-0.25, -0.2) is 0 Å². The van der Waals surface area contributed by atoms with E-state index in [0.717, 1.165) is 11.3 Å². The van der Waals surface area contributed by atoms with Gasteiger partial charge in [0.05, 0.1) is 5.56 Å². The molecule has 1 saturated carbocycles. The zero-order valence-corrected chi connectivity index (χ0v) is 13.2. The minimum Gasteiger partial charge on any atom is -0.345 e. The molecule has 0 aliphatic heterocycles. The number of anilines is 1. The monoisotopic (exact) mass is 304 g/mol. The van der Waals surface area contributed by atoms with Gasteiger partial charge in [-0.05, 0) is 32.8 Å². The maximum absolute atomic E-state index is 12.4. The molecule has 1 fully saturated rings. The summed E-state index contributed by atoms with van der Waals surface area (Å²) in [5.41, 5.74) is 4.58. The van der Waals surface area contributed by atoms with Crippen LogP contribution in [0.2, 0.25) is 0 Å². The van der Waals surface area contributed by atoms with E-state index in [0.29, 0.717) is 11.2 Å². The van der Waals surface area contributed by atoms with E-state index in [9.17, 15) is 4.79 Å². The van der Waals surface area contributed by atoms with E-state index in [1.54, 1.807) is 5.51 Å². The molecule has 2 heterocycles. The molecule has 6 heteroatoms. The highest BCUT2D eigenvalue weighted by Gasteiger charge is 2.22. The highest BCUT2D eigenvalue weighted by atomic mass is 32.1. The summed E-state index contributed by atoms with van der Waals surface area (Å²) in [5.74, 6) is -0.0955. The van der Waals surface area contributed by atoms with Crippen molar-refractivity contribution in [3.63, 3.8) is 0 Å². The van der Waals surface area contributed by atoms with E-state index < -0.39 is 0 Å². The fourth-order valence-electron chi connectivity index (χ4n) is 3.30. The third-order valence-electron chi connectivity index (χ3n) is 4.25. The molecule has 0 bridgehead atoms. The van der Waals surface area contributed by atoms with Crippen LogP contribution >= 0.6 is 11.3 Å². The number of carbonyl (C=O) groups excluding carboxylic acids is 1. The molecule has 0 aromatic carbocycles. The van der Waals surface area contributed by atoms with Gasteiger partial charge in [-0.15, -0.1) is 10.2 Å². The van der Waals surface area contributed by atoms with Gasteiger partial charge >= 0.3 is 0 Å². The molecule has 1 N–H and O–H groups in total. The maximum atomic E-state index is 12.4. The summed E-state index contributed by atoms with van der Waals surface area (Å²) in [5, 5.41) is 11.0. The molecule has 2 aromatic rings. The average molecular weight is 304 g/mol. The minimum atomic E-state index is -0.0955. The van der Waals surface area contributed by atoms with Gasteiger partial charge in [-0.1, -0.05) is 30.6 Å². The van der Waals surface area contributed by atoms with Crippen LogP contribution in [-0.4, -0.2) is 20.7 Å². The average Bonchev–Trinajstić information content (AvgIpc) is 3.08. The van der Waals surface area contributed by atoms with Crippen LogP contribution in [0, 0.1) is 13.8 Å². The predicted molar refractivity (Wildman–Crippen MR) is 83.9 cm³/mol. The van der Waals surface area contributed by atoms with E-state index in [-0.39, 0.29) is 5.91 Å². The van der Waals surface area contributed by atoms with Crippen molar-refractivity contribution < 1.29 is 4.79 Å². The van der Waals surface area contributed by atoms with Crippen LogP contribution in [-0.2, 0) is 0 Å². The lowest BCUT2D eigenvalue weighted by atomic mass is 9.95. The number of aromatic nitrogens is 3. The summed E-state index contributed by atoms with van der Waals surface area (Å²) in [7, 11) is 0. The Morgan fingerprint density at radius 1 is 1.33 bits per heavy atom. The molecule has 0 unspecified atom stereocenters. The van der Waals surface area contributed by atoms with Crippen molar-refractivity contribution in [2.45, 2.75) is 52.0 Å². The molecule has 112 valence electrons. The van der Waals surface area contributed by atoms with Crippen LogP contribution < -0.4 is 5.32 Å². The third kappa shape index (κ3) is 2.85. The Kier molecular flexibility index (Phi) is 4.05. The molecule has 2 aromatic heterocycles. The molecule has 0 saturated heterocycles. The zero-order chi connectivity index (χ0) is 14.8. The quantitative estimate of drug-likeness (QED) is 0.940. The van der Waals surface area contributed by atoms with Gasteiger partial charge in [0, 0.05) is 17.4 Å². The van der Waals surface area contributed by atoms with Crippen LogP contribution in [0.1, 0.15) is 59.9 Å². The Hall–Kier alpha value is -1.69. The van der Waals surface area contributed by atoms with Crippen LogP contribution in [0.25, 0.3) is 0 Å². The second-order valence-corrected chi connectivity index (χ2v) is 6.48. The van der Waals surface area contributed by atoms with Crippen LogP contribution in [0.15, 0.2) is 11.6 Å². The van der Waals surface area contributed by atoms with Gasteiger partial charge in [0.1, 0.15) is 5.51 Å². The Labute approximate surface area is 128 Å². The Balaban J connectivity index is 1.84. The highest BCUT2D eigenvalue weighted by Crippen LogP contribution is 2.32. The summed E-state index contributed by atoms with van der Waals surface area (Å²) in [6.45, 7) is 4.12. The van der Waals surface area contributed by atoms with Crippen molar-refractivity contribution in [2.75, 3.05) is 5.32 Å². The summed E-state index contributed by atoms with van der Waals surface area (Å²) in [6.07, 6.45) is 6.34. The van der Waals surface area contributed by atoms with Gasteiger partial charge in [0.15, 0.2) is 0 Å². The first-order valence-electron chi connectivity index (χ1n) is 7.43. The van der Waals surface area contributed by atoms with Gasteiger partial charge in [0.25, 0.3) is 5.91 Å². The number of aryl methyl sites for hydroxylation is 1. The molecule has 1 aliphatic rings. The van der Waals surface area contributed by atoms with Gasteiger partial charge < -0.3 is 4.57 Å². The summed E-state index contributed by atoms with van der Waals surface area (Å²) in [6, 6.07) is 2.53. The molecule has 0 radical (unpaired) electrons. The molecule has 21 heavy (non-hydrogen) atoms. The number of carbonyl (C=O) groups is 1. The molecule has 1 amide bonds. The van der Waals surface area contributed by atoms with Crippen molar-refractivity contribution >= 4 is 22.4 Å². The number of nitrogens with one attached hydrogen (secondary N) is 1. The first kappa shape index (κ1) is 14.3. The number of hydrogen-bond donors (Lipinski definition) is 1. The lowest BCUT2D eigenvalue weighted by Crippen LogP contribution is -2.17. The Bertz CT molecular complexity index is 626. The van der Waals surface area contributed by atoms with Gasteiger partial charge in [-0.2, -0.15) is 0 Å². The second-order valence-electron chi connectivity index (χ2n) is 5.64. The molecule has 3 rings (SSSR count). The molecule has 0 atom stereocenters. The first-order chi connectivity index (χ1) is 10.2. The normalized spacial score (nSPS) is 16.1. The van der Waals surface area contributed by atoms with Crippen LogP contribution in [0.3, 0.4) is 0 Å². The van der Waals surface area contributed by atoms with Crippen LogP contribution in [0.5, 0.6) is 0 Å². The first-order valence-corrected chi connectivity index (χ1v) is 8.30. The van der Waals surface area contributed by atoms with Crippen molar-refractivity contribution in [3.05, 3.63) is 28.5 Å². The fraction of sp³-hybridized carbons (Fsp3) is 0.533. The van der Waals surface area contributed by atoms with Crippen molar-refractivity contribution in [3.8, 4) is 0 Å². The Morgan fingerprint density at radius 2 is 2.10 bits per heavy atom. The number of hydrogen-bond acceptors (Lipinski definition) is 4. The van der Waals surface area contributed by atoms with Crippen molar-refractivity contribution in [2.24, 2.45) is 0 Å². The summed E-state index contributed by atoms with van der Waals surface area (Å²) in [4.78, 5) is 12.4. The van der Waals surface area contributed by atoms with E-state index in [2.05, 4.69) is 27.0 Å². The third-order valence-corrected chi connectivity index (χ3v) is 4.86. The number of nitrogens with zero attached hydrogens (tertiary/aromatic N) is 3. The van der Waals surface area contributed by atoms with E-state index in [1.165, 1.54) is 49.1 Å². The lowest BCUT2D eigenvalue weighted by Gasteiger charge is -2.26. The minimum absolute atomic E-state index is 0.0955. The van der Waals surface area contributed by atoms with Crippen LogP contribution in [0.4, 0.5) is 5.13 Å². The van der Waals surface area contributed by atoms with Crippen molar-refractivity contribution in [1.29, 1.82) is 0 Å². The molecular weight excluding hydrogens is 284 g/mol. The van der Waals surface area contributed by atoms with Gasteiger partial charge in [0.2, 0.25) is 5.13 Å². The Morgan fingerprint density at radius 3 is 2.76 bits per heavy atom. The number of amides is 1. The number of rotatable bonds is 3. The lowest BCUT2D eigenvalue weighted by molar-refractivity contribution is 0.102. The summed E-state index contributed by atoms with van der Waals surface area (Å²) >= 11 is 1.33. The zero-order valence-electron chi connectivity index (χ0n) is 12.4. The smallest absolute Gasteiger partial charge is 0.259 e. The topological polar surface area (TPSA) is 59.8 Å². The summed E-state index contributed by atoms with van der Waals surface area (Å²) < 4.78 is 2.34. The molecular formula is C15H20N4OS. The fourth-order valence-corrected chi connectivity index (χ4v) is 3.74. The largest absolute Gasteiger partial charge is 0.345 e. The van der Waals surface area contributed by atoms with E-state index in [1.807, 2.05) is 13.0 Å².